The molecule has 1 saturated heterocycles. The van der Waals surface area contributed by atoms with Crippen LogP contribution in [0.15, 0.2) is 42.5 Å². The molecule has 1 N–H and O–H groups in total. The number of nitrogens with one attached hydrogen (secondary N) is 1. The van der Waals surface area contributed by atoms with Crippen molar-refractivity contribution in [2.45, 2.75) is 17.2 Å². The number of alkyl halides is 2. The highest BCUT2D eigenvalue weighted by atomic mass is 35.5. The van der Waals surface area contributed by atoms with E-state index in [4.69, 9.17) is 37.4 Å². The molecule has 0 spiro atoms. The Morgan fingerprint density at radius 2 is 1.57 bits per heavy atom. The smallest absolute Gasteiger partial charge is 0.338 e. The van der Waals surface area contributed by atoms with Gasteiger partial charge in [-0.1, -0.05) is 0 Å². The number of nitrogens with zero attached hydrogens (tertiary/aromatic N) is 1. The molecule has 0 unspecified atom stereocenters. The van der Waals surface area contributed by atoms with Gasteiger partial charge < -0.3 is 19.5 Å². The first-order valence-corrected chi connectivity index (χ1v) is 12.6. The first-order valence-electron chi connectivity index (χ1n) is 11.7. The van der Waals surface area contributed by atoms with Gasteiger partial charge in [0.05, 0.1) is 53.7 Å². The molecule has 194 valence electrons. The molecule has 5 rings (SSSR count). The molecule has 1 heterocycles. The molecule has 2 aliphatic carbocycles. The molecule has 11 heteroatoms. The highest BCUT2D eigenvalue weighted by Crippen LogP contribution is 2.59. The monoisotopic (exact) mass is 546 g/mol. The summed E-state index contributed by atoms with van der Waals surface area (Å²) >= 11 is 12.8. The molecule has 6 atom stereocenters. The lowest BCUT2D eigenvalue weighted by atomic mass is 9.80. The molecular weight excluding hydrogens is 523 g/mol. The number of imide groups is 1. The average molecular weight is 547 g/mol. The van der Waals surface area contributed by atoms with E-state index in [2.05, 4.69) is 5.32 Å². The molecule has 0 aromatic heterocycles. The van der Waals surface area contributed by atoms with E-state index in [1.165, 1.54) is 38.5 Å². The van der Waals surface area contributed by atoms with Crippen molar-refractivity contribution < 1.29 is 33.4 Å². The van der Waals surface area contributed by atoms with Crippen LogP contribution in [0.1, 0.15) is 16.8 Å². The number of benzene rings is 2. The molecule has 1 aliphatic heterocycles. The van der Waals surface area contributed by atoms with E-state index in [-0.39, 0.29) is 40.0 Å². The fourth-order valence-corrected chi connectivity index (χ4v) is 6.55. The fraction of sp³-hybridized carbons (Fsp3) is 0.385. The highest BCUT2D eigenvalue weighted by Gasteiger charge is 2.66. The largest absolute Gasteiger partial charge is 0.497 e. The van der Waals surface area contributed by atoms with Gasteiger partial charge >= 0.3 is 5.97 Å². The van der Waals surface area contributed by atoms with Crippen molar-refractivity contribution in [2.75, 3.05) is 31.0 Å². The summed E-state index contributed by atoms with van der Waals surface area (Å²) in [5.74, 6) is -2.03. The van der Waals surface area contributed by atoms with Crippen molar-refractivity contribution in [3.05, 3.63) is 48.0 Å². The van der Waals surface area contributed by atoms with Gasteiger partial charge in [0, 0.05) is 6.07 Å². The van der Waals surface area contributed by atoms with Gasteiger partial charge in [0.1, 0.15) is 11.5 Å². The van der Waals surface area contributed by atoms with Gasteiger partial charge in [-0.05, 0) is 54.7 Å². The first kappa shape index (κ1) is 25.4. The van der Waals surface area contributed by atoms with E-state index >= 15 is 0 Å². The van der Waals surface area contributed by atoms with E-state index in [9.17, 15) is 19.2 Å². The Bertz CT molecular complexity index is 1240. The van der Waals surface area contributed by atoms with Crippen LogP contribution in [0.2, 0.25) is 0 Å². The van der Waals surface area contributed by atoms with Gasteiger partial charge in [0.25, 0.3) is 5.91 Å². The van der Waals surface area contributed by atoms with Crippen LogP contribution in [0.3, 0.4) is 0 Å². The summed E-state index contributed by atoms with van der Waals surface area (Å²) in [6.45, 7) is -0.524. The van der Waals surface area contributed by atoms with Crippen molar-refractivity contribution >= 4 is 58.3 Å². The number of esters is 1. The van der Waals surface area contributed by atoms with Crippen LogP contribution in [0.25, 0.3) is 0 Å². The normalized spacial score (nSPS) is 27.7. The standard InChI is InChI=1S/C26H24Cl2N2O7/c1-35-14-7-8-17(18(9-14)36-2)29-19(31)11-37-26(34)12-3-5-13(6-4-12)30-24(32)20-15-10-16(21(20)25(30)33)23(28)22(15)27/h3-9,15-16,20-23H,10-11H2,1-2H3,(H,29,31)/t15-,16-,20-,21+,22+,23+/m1/s1. The molecule has 2 bridgehead atoms. The molecule has 37 heavy (non-hydrogen) atoms. The Kier molecular flexibility index (Phi) is 6.76. The van der Waals surface area contributed by atoms with Crippen LogP contribution < -0.4 is 19.7 Å². The lowest BCUT2D eigenvalue weighted by Gasteiger charge is -2.28. The van der Waals surface area contributed by atoms with Gasteiger partial charge in [0.15, 0.2) is 6.61 Å². The topological polar surface area (TPSA) is 111 Å². The van der Waals surface area contributed by atoms with Crippen LogP contribution >= 0.6 is 23.2 Å². The number of hydrogen-bond acceptors (Lipinski definition) is 7. The third-order valence-electron chi connectivity index (χ3n) is 7.37. The number of halogens is 2. The molecule has 3 fully saturated rings. The maximum absolute atomic E-state index is 13.1. The minimum Gasteiger partial charge on any atom is -0.497 e. The van der Waals surface area contributed by atoms with E-state index in [0.717, 1.165) is 4.90 Å². The lowest BCUT2D eigenvalue weighted by Crippen LogP contribution is -2.37. The van der Waals surface area contributed by atoms with Crippen LogP contribution in [-0.4, -0.2) is 55.3 Å². The van der Waals surface area contributed by atoms with E-state index in [0.29, 0.717) is 29.3 Å². The zero-order valence-electron chi connectivity index (χ0n) is 20.0. The zero-order chi connectivity index (χ0) is 26.4. The van der Waals surface area contributed by atoms with Crippen molar-refractivity contribution in [3.8, 4) is 11.5 Å². The summed E-state index contributed by atoms with van der Waals surface area (Å²) in [4.78, 5) is 52.2. The Morgan fingerprint density at radius 1 is 0.946 bits per heavy atom. The van der Waals surface area contributed by atoms with Gasteiger partial charge in [-0.2, -0.15) is 0 Å². The minimum absolute atomic E-state index is 0.112. The first-order chi connectivity index (χ1) is 17.7. The summed E-state index contributed by atoms with van der Waals surface area (Å²) in [5.41, 5.74) is 0.925. The van der Waals surface area contributed by atoms with Gasteiger partial charge in [-0.25, -0.2) is 4.79 Å². The van der Waals surface area contributed by atoms with Crippen LogP contribution in [0.4, 0.5) is 11.4 Å². The summed E-state index contributed by atoms with van der Waals surface area (Å²) in [5, 5.41) is 1.96. The lowest BCUT2D eigenvalue weighted by molar-refractivity contribution is -0.123. The predicted octanol–water partition coefficient (Wildman–Crippen LogP) is 3.47. The van der Waals surface area contributed by atoms with Crippen LogP contribution in [0, 0.1) is 23.7 Å². The Balaban J connectivity index is 1.20. The molecule has 2 aromatic rings. The fourth-order valence-electron chi connectivity index (χ4n) is 5.65. The van der Waals surface area contributed by atoms with E-state index < -0.39 is 30.3 Å². The number of rotatable bonds is 7. The minimum atomic E-state index is -0.729. The van der Waals surface area contributed by atoms with E-state index in [1.54, 1.807) is 18.2 Å². The van der Waals surface area contributed by atoms with E-state index in [1.807, 2.05) is 0 Å². The van der Waals surface area contributed by atoms with Gasteiger partial charge in [0.2, 0.25) is 11.8 Å². The Morgan fingerprint density at radius 3 is 2.14 bits per heavy atom. The average Bonchev–Trinajstić information content (AvgIpc) is 3.52. The maximum atomic E-state index is 13.1. The summed E-state index contributed by atoms with van der Waals surface area (Å²) in [7, 11) is 2.97. The number of amides is 3. The summed E-state index contributed by atoms with van der Waals surface area (Å²) in [6.07, 6.45) is 0.687. The molecule has 9 nitrogen and oxygen atoms in total. The highest BCUT2D eigenvalue weighted by molar-refractivity contribution is 6.32. The summed E-state index contributed by atoms with van der Waals surface area (Å²) < 4.78 is 15.5. The number of fused-ring (bicyclic) bond motifs is 5. The van der Waals surface area contributed by atoms with Gasteiger partial charge in [-0.3, -0.25) is 19.3 Å². The number of carbonyl (C=O) groups is 4. The van der Waals surface area contributed by atoms with Crippen molar-refractivity contribution in [1.29, 1.82) is 0 Å². The third kappa shape index (κ3) is 4.30. The number of hydrogen-bond donors (Lipinski definition) is 1. The molecule has 2 aromatic carbocycles. The third-order valence-corrected chi connectivity index (χ3v) is 8.68. The number of methoxy groups -OCH3 is 2. The molecule has 0 radical (unpaired) electrons. The van der Waals surface area contributed by atoms with Crippen molar-refractivity contribution in [1.82, 2.24) is 0 Å². The second-order valence-corrected chi connectivity index (χ2v) is 10.3. The second-order valence-electron chi connectivity index (χ2n) is 9.25. The van der Waals surface area contributed by atoms with Crippen molar-refractivity contribution in [3.63, 3.8) is 0 Å². The zero-order valence-corrected chi connectivity index (χ0v) is 21.5. The number of anilines is 2. The van der Waals surface area contributed by atoms with Crippen molar-refractivity contribution in [2.24, 2.45) is 23.7 Å². The quantitative estimate of drug-likeness (QED) is 0.321. The van der Waals surface area contributed by atoms with Gasteiger partial charge in [-0.15, -0.1) is 23.2 Å². The maximum Gasteiger partial charge on any atom is 0.338 e. The van der Waals surface area contributed by atoms with Crippen LogP contribution in [0.5, 0.6) is 11.5 Å². The Hall–Kier alpha value is -3.30. The number of carbonyl (C=O) groups excluding carboxylic acids is 4. The summed E-state index contributed by atoms with van der Waals surface area (Å²) in [6, 6.07) is 10.8. The Labute approximate surface area is 222 Å². The SMILES string of the molecule is COc1ccc(NC(=O)COC(=O)c2ccc(N3C(=O)[C@@H]4[C@H]5C[C@@H]([C@H](Cl)[C@H]5Cl)[C@@H]4C3=O)cc2)c(OC)c1. The van der Waals surface area contributed by atoms with Crippen LogP contribution in [-0.2, 0) is 19.1 Å². The molecule has 3 aliphatic rings. The molecule has 3 amide bonds. The number of ether oxygens (including phenoxy) is 3. The molecular formula is C26H24Cl2N2O7. The second kappa shape index (κ2) is 9.87. The molecule has 2 saturated carbocycles. The predicted molar refractivity (Wildman–Crippen MR) is 135 cm³/mol.